The number of thioether (sulfide) groups is 1. The molecule has 0 saturated carbocycles. The second kappa shape index (κ2) is 10.0. The average molecular weight is 517 g/mol. The summed E-state index contributed by atoms with van der Waals surface area (Å²) in [6.07, 6.45) is -0.0618. The molecule has 3 aromatic rings. The summed E-state index contributed by atoms with van der Waals surface area (Å²) in [4.78, 5) is 50.1. The van der Waals surface area contributed by atoms with Crippen molar-refractivity contribution in [2.75, 3.05) is 16.0 Å². The predicted octanol–water partition coefficient (Wildman–Crippen LogP) is 5.08. The first-order valence-electron chi connectivity index (χ1n) is 10.2. The van der Waals surface area contributed by atoms with E-state index in [2.05, 4.69) is 5.32 Å². The number of benzene rings is 3. The van der Waals surface area contributed by atoms with Gasteiger partial charge in [-0.3, -0.25) is 19.2 Å². The third-order valence-electron chi connectivity index (χ3n) is 5.04. The van der Waals surface area contributed by atoms with Crippen molar-refractivity contribution in [1.29, 1.82) is 0 Å². The van der Waals surface area contributed by atoms with Gasteiger partial charge < -0.3 is 10.1 Å². The third kappa shape index (κ3) is 5.19. The molecule has 7 nitrogen and oxygen atoms in total. The highest BCUT2D eigenvalue weighted by Crippen LogP contribution is 2.39. The van der Waals surface area contributed by atoms with Gasteiger partial charge in [-0.25, -0.2) is 4.90 Å². The number of hydrogen-bond donors (Lipinski definition) is 1. The Morgan fingerprint density at radius 2 is 1.74 bits per heavy atom. The Labute approximate surface area is 209 Å². The van der Waals surface area contributed by atoms with Crippen molar-refractivity contribution < 1.29 is 23.9 Å². The quantitative estimate of drug-likeness (QED) is 0.279. The van der Waals surface area contributed by atoms with Crippen LogP contribution < -0.4 is 15.0 Å². The topological polar surface area (TPSA) is 92.8 Å². The molecule has 10 heteroatoms. The molecule has 34 heavy (non-hydrogen) atoms. The number of nitrogens with one attached hydrogen (secondary N) is 1. The largest absolute Gasteiger partial charge is 0.424 e. The molecule has 1 fully saturated rings. The maximum atomic E-state index is 12.9. The summed E-state index contributed by atoms with van der Waals surface area (Å²) in [6.45, 7) is 1.20. The minimum atomic E-state index is -0.722. The minimum absolute atomic E-state index is 0.00272. The Bertz CT molecular complexity index is 1310. The summed E-state index contributed by atoms with van der Waals surface area (Å²) in [6, 6.07) is 16.1. The molecule has 0 spiro atoms. The highest BCUT2D eigenvalue weighted by Gasteiger charge is 2.40. The van der Waals surface area contributed by atoms with Crippen LogP contribution in [-0.2, 0) is 19.2 Å². The number of carbonyl (C=O) groups is 4. The highest BCUT2D eigenvalue weighted by molar-refractivity contribution is 8.01. The molecule has 1 N–H and O–H groups in total. The van der Waals surface area contributed by atoms with Gasteiger partial charge in [0.2, 0.25) is 17.7 Å². The SMILES string of the molecule is CC(=O)Oc1c(Cl)cc(N2C(=O)C[C@H](SCC(=O)Nc3ccc4ccccc4c3)C2=O)cc1Cl. The number of carbonyl (C=O) groups excluding carboxylic acids is 4. The summed E-state index contributed by atoms with van der Waals surface area (Å²) in [5.74, 6) is -1.85. The lowest BCUT2D eigenvalue weighted by Crippen LogP contribution is -2.31. The first kappa shape index (κ1) is 24.1. The van der Waals surface area contributed by atoms with Gasteiger partial charge in [0.15, 0.2) is 5.75 Å². The van der Waals surface area contributed by atoms with Crippen LogP contribution in [0.15, 0.2) is 54.6 Å². The number of rotatable bonds is 6. The summed E-state index contributed by atoms with van der Waals surface area (Å²) in [7, 11) is 0. The van der Waals surface area contributed by atoms with Gasteiger partial charge >= 0.3 is 5.97 Å². The van der Waals surface area contributed by atoms with Gasteiger partial charge in [-0.15, -0.1) is 11.8 Å². The van der Waals surface area contributed by atoms with E-state index >= 15 is 0 Å². The Morgan fingerprint density at radius 1 is 1.06 bits per heavy atom. The van der Waals surface area contributed by atoms with E-state index in [-0.39, 0.29) is 39.6 Å². The second-order valence-corrected chi connectivity index (χ2v) is 9.52. The first-order valence-corrected chi connectivity index (χ1v) is 12.0. The molecule has 1 atom stereocenters. The molecule has 0 aliphatic carbocycles. The van der Waals surface area contributed by atoms with Gasteiger partial charge in [0.25, 0.3) is 0 Å². The van der Waals surface area contributed by atoms with Crippen LogP contribution in [0.4, 0.5) is 11.4 Å². The minimum Gasteiger partial charge on any atom is -0.424 e. The van der Waals surface area contributed by atoms with Gasteiger partial charge in [-0.2, -0.15) is 0 Å². The first-order chi connectivity index (χ1) is 16.2. The van der Waals surface area contributed by atoms with Crippen LogP contribution in [0.1, 0.15) is 13.3 Å². The molecule has 1 saturated heterocycles. The lowest BCUT2D eigenvalue weighted by molar-refractivity contribution is -0.132. The lowest BCUT2D eigenvalue weighted by Gasteiger charge is -2.17. The molecule has 174 valence electrons. The smallest absolute Gasteiger partial charge is 0.308 e. The van der Waals surface area contributed by atoms with E-state index in [9.17, 15) is 19.2 Å². The number of hydrogen-bond acceptors (Lipinski definition) is 6. The number of nitrogens with zero attached hydrogens (tertiary/aromatic N) is 1. The van der Waals surface area contributed by atoms with Crippen molar-refractivity contribution in [2.24, 2.45) is 0 Å². The van der Waals surface area contributed by atoms with E-state index in [0.29, 0.717) is 5.69 Å². The number of halogens is 2. The van der Waals surface area contributed by atoms with E-state index in [0.717, 1.165) is 27.4 Å². The van der Waals surface area contributed by atoms with Gasteiger partial charge in [0.05, 0.1) is 26.7 Å². The van der Waals surface area contributed by atoms with Crippen LogP contribution in [0.25, 0.3) is 10.8 Å². The number of ether oxygens (including phenoxy) is 1. The van der Waals surface area contributed by atoms with E-state index in [4.69, 9.17) is 27.9 Å². The molecule has 1 heterocycles. The van der Waals surface area contributed by atoms with Crippen molar-refractivity contribution >= 4 is 80.8 Å². The Kier molecular flexibility index (Phi) is 7.11. The predicted molar refractivity (Wildman–Crippen MR) is 134 cm³/mol. The Morgan fingerprint density at radius 3 is 2.41 bits per heavy atom. The van der Waals surface area contributed by atoms with E-state index in [1.54, 1.807) is 0 Å². The van der Waals surface area contributed by atoms with Crippen LogP contribution in [0, 0.1) is 0 Å². The van der Waals surface area contributed by atoms with Crippen molar-refractivity contribution in [1.82, 2.24) is 0 Å². The van der Waals surface area contributed by atoms with Crippen LogP contribution in [0.3, 0.4) is 0 Å². The molecule has 0 bridgehead atoms. The maximum Gasteiger partial charge on any atom is 0.308 e. The summed E-state index contributed by atoms with van der Waals surface area (Å²) in [5.41, 5.74) is 0.821. The summed E-state index contributed by atoms with van der Waals surface area (Å²) >= 11 is 13.4. The fraction of sp³-hybridized carbons (Fsp3) is 0.167. The number of anilines is 2. The van der Waals surface area contributed by atoms with E-state index in [1.807, 2.05) is 42.5 Å². The van der Waals surface area contributed by atoms with Gasteiger partial charge in [-0.1, -0.05) is 53.5 Å². The van der Waals surface area contributed by atoms with Crippen molar-refractivity contribution in [3.05, 3.63) is 64.6 Å². The van der Waals surface area contributed by atoms with Gasteiger partial charge in [0.1, 0.15) is 0 Å². The normalized spacial score (nSPS) is 15.6. The fourth-order valence-electron chi connectivity index (χ4n) is 3.56. The van der Waals surface area contributed by atoms with Crippen molar-refractivity contribution in [3.8, 4) is 5.75 Å². The highest BCUT2D eigenvalue weighted by atomic mass is 35.5. The van der Waals surface area contributed by atoms with Crippen LogP contribution >= 0.6 is 35.0 Å². The molecular formula is C24H18Cl2N2O5S. The molecule has 4 rings (SSSR count). The standard InChI is InChI=1S/C24H18Cl2N2O5S/c1-13(29)33-23-18(25)9-17(10-19(23)26)28-22(31)11-20(24(28)32)34-12-21(30)27-16-7-6-14-4-2-3-5-15(14)8-16/h2-10,20H,11-12H2,1H3,(H,27,30)/t20-/m0/s1. The monoisotopic (exact) mass is 516 g/mol. The molecule has 1 aliphatic heterocycles. The molecule has 0 unspecified atom stereocenters. The van der Waals surface area contributed by atoms with Crippen LogP contribution in [0.2, 0.25) is 10.0 Å². The Hall–Kier alpha value is -3.07. The van der Waals surface area contributed by atoms with Crippen molar-refractivity contribution in [3.63, 3.8) is 0 Å². The Balaban J connectivity index is 1.40. The third-order valence-corrected chi connectivity index (χ3v) is 6.80. The number of amides is 3. The second-order valence-electron chi connectivity index (χ2n) is 7.51. The van der Waals surface area contributed by atoms with Gasteiger partial charge in [-0.05, 0) is 35.0 Å². The maximum absolute atomic E-state index is 12.9. The molecule has 0 radical (unpaired) electrons. The number of fused-ring (bicyclic) bond motifs is 1. The summed E-state index contributed by atoms with van der Waals surface area (Å²) < 4.78 is 4.97. The fourth-order valence-corrected chi connectivity index (χ4v) is 5.05. The molecular weight excluding hydrogens is 499 g/mol. The van der Waals surface area contributed by atoms with E-state index in [1.165, 1.54) is 19.1 Å². The molecule has 1 aliphatic rings. The van der Waals surface area contributed by atoms with E-state index < -0.39 is 23.0 Å². The number of esters is 1. The lowest BCUT2D eigenvalue weighted by atomic mass is 10.1. The average Bonchev–Trinajstić information content (AvgIpc) is 3.07. The van der Waals surface area contributed by atoms with Crippen molar-refractivity contribution in [2.45, 2.75) is 18.6 Å². The van der Waals surface area contributed by atoms with Crippen LogP contribution in [0.5, 0.6) is 5.75 Å². The number of imide groups is 1. The molecule has 0 aromatic heterocycles. The zero-order valence-electron chi connectivity index (χ0n) is 17.8. The molecule has 3 amide bonds. The van der Waals surface area contributed by atoms with Gasteiger partial charge in [0, 0.05) is 19.0 Å². The van der Waals surface area contributed by atoms with Crippen LogP contribution in [-0.4, -0.2) is 34.7 Å². The zero-order valence-corrected chi connectivity index (χ0v) is 20.2. The molecule has 3 aromatic carbocycles. The zero-order chi connectivity index (χ0) is 24.4. The summed E-state index contributed by atoms with van der Waals surface area (Å²) in [5, 5.41) is 4.13.